The van der Waals surface area contributed by atoms with Gasteiger partial charge in [-0.05, 0) is 42.0 Å². The summed E-state index contributed by atoms with van der Waals surface area (Å²) in [6.07, 6.45) is -14.1. The number of halogens is 10. The van der Waals surface area contributed by atoms with E-state index in [0.29, 0.717) is 23.1 Å². The molecule has 0 saturated carbocycles. The molecule has 0 saturated heterocycles. The molecule has 0 fully saturated rings. The molecule has 0 aliphatic heterocycles. The van der Waals surface area contributed by atoms with Gasteiger partial charge < -0.3 is 14.7 Å². The molecule has 3 aromatic rings. The maximum atomic E-state index is 13.9. The average molecular weight is 541 g/mol. The maximum absolute atomic E-state index is 13.9. The van der Waals surface area contributed by atoms with Crippen molar-refractivity contribution in [3.05, 3.63) is 89.5 Å². The van der Waals surface area contributed by atoms with Crippen LogP contribution in [0, 0.1) is 11.6 Å². The Morgan fingerprint density at radius 3 is 1.89 bits per heavy atom. The van der Waals surface area contributed by atoms with Crippen LogP contribution in [0.5, 0.6) is 5.75 Å². The first kappa shape index (κ1) is 28.1. The van der Waals surface area contributed by atoms with Gasteiger partial charge in [0.2, 0.25) is 0 Å². The first-order chi connectivity index (χ1) is 17.1. The molecule has 1 N–H and O–H groups in total. The van der Waals surface area contributed by atoms with Crippen molar-refractivity contribution in [3.63, 3.8) is 0 Å². The van der Waals surface area contributed by atoms with Gasteiger partial charge in [-0.2, -0.15) is 35.1 Å². The largest absolute Gasteiger partial charge is 0.489 e. The number of aliphatic hydroxyl groups excluding tert-OH is 1. The quantitative estimate of drug-likeness (QED) is 0.305. The summed E-state index contributed by atoms with van der Waals surface area (Å²) < 4.78 is 138. The van der Waals surface area contributed by atoms with E-state index in [-0.39, 0.29) is 23.6 Å². The predicted molar refractivity (Wildman–Crippen MR) is 113 cm³/mol. The second kappa shape index (κ2) is 10.5. The van der Waals surface area contributed by atoms with Crippen molar-refractivity contribution >= 4 is 11.4 Å². The highest BCUT2D eigenvalue weighted by molar-refractivity contribution is 5.65. The SMILES string of the molecule is OC(CN(c1cccc(OCc2cc(F)cc(F)c2)c1)c1cccc(C(F)(F)C(F)(F)F)c1)C(F)(F)F. The Morgan fingerprint density at radius 2 is 1.32 bits per heavy atom. The van der Waals surface area contributed by atoms with E-state index in [0.717, 1.165) is 30.3 Å². The molecule has 0 aliphatic carbocycles. The van der Waals surface area contributed by atoms with Crippen LogP contribution in [0.1, 0.15) is 11.1 Å². The van der Waals surface area contributed by atoms with Crippen LogP contribution < -0.4 is 9.64 Å². The fraction of sp³-hybridized carbons (Fsp3) is 0.250. The first-order valence-electron chi connectivity index (χ1n) is 10.3. The highest BCUT2D eigenvalue weighted by Gasteiger charge is 2.58. The maximum Gasteiger partial charge on any atom is 0.458 e. The molecule has 1 atom stereocenters. The van der Waals surface area contributed by atoms with Gasteiger partial charge >= 0.3 is 18.3 Å². The van der Waals surface area contributed by atoms with Crippen LogP contribution in [0.25, 0.3) is 0 Å². The Balaban J connectivity index is 1.98. The number of hydrogen-bond acceptors (Lipinski definition) is 3. The highest BCUT2D eigenvalue weighted by Crippen LogP contribution is 2.45. The molecular weight excluding hydrogens is 524 g/mol. The van der Waals surface area contributed by atoms with Gasteiger partial charge in [-0.25, -0.2) is 8.78 Å². The first-order valence-corrected chi connectivity index (χ1v) is 10.3. The molecule has 0 bridgehead atoms. The van der Waals surface area contributed by atoms with E-state index < -0.39 is 53.8 Å². The summed E-state index contributed by atoms with van der Waals surface area (Å²) in [4.78, 5) is 0.683. The third-order valence-electron chi connectivity index (χ3n) is 5.07. The minimum absolute atomic E-state index is 0.0366. The number of nitrogens with zero attached hydrogens (tertiary/aromatic N) is 1. The number of ether oxygens (including phenoxy) is 1. The summed E-state index contributed by atoms with van der Waals surface area (Å²) in [6.45, 7) is -1.63. The van der Waals surface area contributed by atoms with Crippen molar-refractivity contribution in [2.24, 2.45) is 0 Å². The molecule has 3 rings (SSSR count). The van der Waals surface area contributed by atoms with E-state index in [9.17, 15) is 49.0 Å². The van der Waals surface area contributed by atoms with E-state index in [1.165, 1.54) is 18.2 Å². The molecule has 3 nitrogen and oxygen atoms in total. The van der Waals surface area contributed by atoms with Crippen molar-refractivity contribution < 1.29 is 53.7 Å². The Kier molecular flexibility index (Phi) is 7.96. The average Bonchev–Trinajstić information content (AvgIpc) is 2.79. The standard InChI is InChI=1S/C24H17F10NO2/c25-16-7-14(8-17(26)10-16)13-37-20-6-2-5-19(11-20)35(12-21(36)23(29,30)31)18-4-1-3-15(9-18)22(27,28)24(32,33)34/h1-11,21,36H,12-13H2. The summed E-state index contributed by atoms with van der Waals surface area (Å²) in [6, 6.07) is 10.1. The van der Waals surface area contributed by atoms with E-state index >= 15 is 0 Å². The lowest BCUT2D eigenvalue weighted by Gasteiger charge is -2.30. The van der Waals surface area contributed by atoms with Crippen LogP contribution in [0.3, 0.4) is 0 Å². The monoisotopic (exact) mass is 541 g/mol. The molecule has 0 aliphatic rings. The van der Waals surface area contributed by atoms with Gasteiger partial charge in [0.1, 0.15) is 24.0 Å². The third-order valence-corrected chi connectivity index (χ3v) is 5.07. The Morgan fingerprint density at radius 1 is 0.757 bits per heavy atom. The second-order valence-electron chi connectivity index (χ2n) is 7.85. The molecule has 1 unspecified atom stereocenters. The molecule has 0 radical (unpaired) electrons. The van der Waals surface area contributed by atoms with E-state index in [4.69, 9.17) is 4.74 Å². The molecule has 13 heteroatoms. The molecule has 200 valence electrons. The summed E-state index contributed by atoms with van der Waals surface area (Å²) in [5.74, 6) is -7.10. The second-order valence-corrected chi connectivity index (χ2v) is 7.85. The van der Waals surface area contributed by atoms with Crippen LogP contribution in [0.4, 0.5) is 55.3 Å². The Bertz CT molecular complexity index is 1210. The summed E-state index contributed by atoms with van der Waals surface area (Å²) in [7, 11) is 0. The van der Waals surface area contributed by atoms with Crippen LogP contribution in [-0.4, -0.2) is 30.1 Å². The molecule has 0 heterocycles. The van der Waals surface area contributed by atoms with Crippen molar-refractivity contribution in [2.75, 3.05) is 11.4 Å². The summed E-state index contributed by atoms with van der Waals surface area (Å²) in [5, 5.41) is 9.61. The van der Waals surface area contributed by atoms with Crippen molar-refractivity contribution in [3.8, 4) is 5.75 Å². The zero-order valence-corrected chi connectivity index (χ0v) is 18.4. The zero-order chi connectivity index (χ0) is 27.6. The molecule has 37 heavy (non-hydrogen) atoms. The number of anilines is 2. The van der Waals surface area contributed by atoms with Crippen LogP contribution in [0.15, 0.2) is 66.7 Å². The van der Waals surface area contributed by atoms with Gasteiger partial charge in [0.05, 0.1) is 6.54 Å². The van der Waals surface area contributed by atoms with Gasteiger partial charge in [-0.15, -0.1) is 0 Å². The molecule has 0 aromatic heterocycles. The van der Waals surface area contributed by atoms with Crippen molar-refractivity contribution in [2.45, 2.75) is 31.0 Å². The number of hydrogen-bond donors (Lipinski definition) is 1. The number of alkyl halides is 8. The van der Waals surface area contributed by atoms with E-state index in [1.54, 1.807) is 0 Å². The fourth-order valence-electron chi connectivity index (χ4n) is 3.27. The van der Waals surface area contributed by atoms with Gasteiger partial charge in [0.15, 0.2) is 6.10 Å². The van der Waals surface area contributed by atoms with Gasteiger partial charge in [-0.3, -0.25) is 0 Å². The van der Waals surface area contributed by atoms with Gasteiger partial charge in [0.25, 0.3) is 0 Å². The highest BCUT2D eigenvalue weighted by atomic mass is 19.4. The minimum Gasteiger partial charge on any atom is -0.489 e. The van der Waals surface area contributed by atoms with Crippen LogP contribution in [-0.2, 0) is 12.5 Å². The smallest absolute Gasteiger partial charge is 0.458 e. The van der Waals surface area contributed by atoms with Gasteiger partial charge in [0, 0.05) is 29.1 Å². The molecular formula is C24H17F10NO2. The lowest BCUT2D eigenvalue weighted by Crippen LogP contribution is -2.39. The topological polar surface area (TPSA) is 32.7 Å². The number of rotatable bonds is 8. The Labute approximate surface area is 203 Å². The summed E-state index contributed by atoms with van der Waals surface area (Å²) >= 11 is 0. The van der Waals surface area contributed by atoms with Crippen LogP contribution >= 0.6 is 0 Å². The van der Waals surface area contributed by atoms with Crippen LogP contribution in [0.2, 0.25) is 0 Å². The third kappa shape index (κ3) is 6.85. The van der Waals surface area contributed by atoms with E-state index in [2.05, 4.69) is 0 Å². The predicted octanol–water partition coefficient (Wildman–Crippen LogP) is 7.26. The van der Waals surface area contributed by atoms with Gasteiger partial charge in [-0.1, -0.05) is 18.2 Å². The fourth-order valence-corrected chi connectivity index (χ4v) is 3.27. The molecule has 3 aromatic carbocycles. The minimum atomic E-state index is -5.97. The number of aliphatic hydroxyl groups is 1. The van der Waals surface area contributed by atoms with E-state index in [1.807, 2.05) is 0 Å². The lowest BCUT2D eigenvalue weighted by atomic mass is 10.1. The molecule has 0 amide bonds. The number of benzene rings is 3. The normalized spacial score (nSPS) is 13.4. The summed E-state index contributed by atoms with van der Waals surface area (Å²) in [5.41, 5.74) is -2.12. The zero-order valence-electron chi connectivity index (χ0n) is 18.4. The van der Waals surface area contributed by atoms with Crippen molar-refractivity contribution in [1.82, 2.24) is 0 Å². The molecule has 0 spiro atoms. The lowest BCUT2D eigenvalue weighted by molar-refractivity contribution is -0.289. The Hall–Kier alpha value is -3.48. The van der Waals surface area contributed by atoms with Crippen molar-refractivity contribution in [1.29, 1.82) is 0 Å².